The SMILES string of the molecule is CN(C)c1ccc(/N=N/c2ccc(C(=O)NO)cc2)cc1. The lowest BCUT2D eigenvalue weighted by Crippen LogP contribution is -2.18. The van der Waals surface area contributed by atoms with Crippen LogP contribution in [0, 0.1) is 0 Å². The minimum atomic E-state index is -0.558. The number of carbonyl (C=O) groups is 1. The van der Waals surface area contributed by atoms with Crippen molar-refractivity contribution in [3.05, 3.63) is 54.1 Å². The van der Waals surface area contributed by atoms with E-state index in [1.165, 1.54) is 0 Å². The summed E-state index contributed by atoms with van der Waals surface area (Å²) < 4.78 is 0. The van der Waals surface area contributed by atoms with Crippen LogP contribution in [0.25, 0.3) is 0 Å². The van der Waals surface area contributed by atoms with Gasteiger partial charge in [0.2, 0.25) is 0 Å². The van der Waals surface area contributed by atoms with E-state index >= 15 is 0 Å². The molecule has 0 unspecified atom stereocenters. The van der Waals surface area contributed by atoms with Gasteiger partial charge < -0.3 is 4.90 Å². The molecule has 0 saturated carbocycles. The summed E-state index contributed by atoms with van der Waals surface area (Å²) in [7, 11) is 3.95. The number of azo groups is 1. The van der Waals surface area contributed by atoms with Crippen LogP contribution in [-0.4, -0.2) is 25.2 Å². The molecule has 2 aromatic rings. The molecule has 0 saturated heterocycles. The second kappa shape index (κ2) is 6.62. The number of amides is 1. The lowest BCUT2D eigenvalue weighted by molar-refractivity contribution is 0.0706. The van der Waals surface area contributed by atoms with Gasteiger partial charge in [-0.15, -0.1) is 0 Å². The van der Waals surface area contributed by atoms with Crippen LogP contribution in [0.15, 0.2) is 58.8 Å². The van der Waals surface area contributed by atoms with E-state index in [4.69, 9.17) is 5.21 Å². The molecule has 2 rings (SSSR count). The highest BCUT2D eigenvalue weighted by atomic mass is 16.5. The monoisotopic (exact) mass is 284 g/mol. The molecule has 108 valence electrons. The van der Waals surface area contributed by atoms with Gasteiger partial charge in [0.25, 0.3) is 5.91 Å². The number of rotatable bonds is 4. The predicted molar refractivity (Wildman–Crippen MR) is 80.6 cm³/mol. The van der Waals surface area contributed by atoms with E-state index < -0.39 is 5.91 Å². The smallest absolute Gasteiger partial charge is 0.274 e. The zero-order valence-electron chi connectivity index (χ0n) is 11.8. The maximum atomic E-state index is 11.2. The molecule has 0 spiro atoms. The van der Waals surface area contributed by atoms with Gasteiger partial charge in [0, 0.05) is 25.3 Å². The number of anilines is 1. The minimum absolute atomic E-state index is 0.354. The first-order chi connectivity index (χ1) is 10.1. The Kier molecular flexibility index (Phi) is 4.63. The summed E-state index contributed by atoms with van der Waals surface area (Å²) in [5.41, 5.74) is 4.39. The highest BCUT2D eigenvalue weighted by molar-refractivity contribution is 5.93. The Morgan fingerprint density at radius 1 is 0.952 bits per heavy atom. The molecule has 0 aromatic heterocycles. The van der Waals surface area contributed by atoms with Gasteiger partial charge in [-0.1, -0.05) is 0 Å². The number of benzene rings is 2. The van der Waals surface area contributed by atoms with Gasteiger partial charge in [-0.25, -0.2) is 5.48 Å². The quantitative estimate of drug-likeness (QED) is 0.514. The number of hydroxylamine groups is 1. The summed E-state index contributed by atoms with van der Waals surface area (Å²) in [5, 5.41) is 16.7. The van der Waals surface area contributed by atoms with E-state index in [-0.39, 0.29) is 0 Å². The highest BCUT2D eigenvalue weighted by Crippen LogP contribution is 2.21. The Bertz CT molecular complexity index is 634. The molecule has 2 aromatic carbocycles. The Morgan fingerprint density at radius 3 is 1.86 bits per heavy atom. The Balaban J connectivity index is 2.08. The van der Waals surface area contributed by atoms with Gasteiger partial charge >= 0.3 is 0 Å². The fourth-order valence-corrected chi connectivity index (χ4v) is 1.68. The predicted octanol–water partition coefficient (Wildman–Crippen LogP) is 3.29. The van der Waals surface area contributed by atoms with E-state index in [1.807, 2.05) is 43.3 Å². The van der Waals surface area contributed by atoms with Crippen LogP contribution in [0.5, 0.6) is 0 Å². The maximum Gasteiger partial charge on any atom is 0.274 e. The molecule has 0 radical (unpaired) electrons. The summed E-state index contributed by atoms with van der Waals surface area (Å²) in [6, 6.07) is 14.1. The van der Waals surface area contributed by atoms with Gasteiger partial charge in [0.15, 0.2) is 0 Å². The molecule has 6 heteroatoms. The fraction of sp³-hybridized carbons (Fsp3) is 0.133. The molecule has 2 N–H and O–H groups in total. The topological polar surface area (TPSA) is 77.3 Å². The average molecular weight is 284 g/mol. The van der Waals surface area contributed by atoms with E-state index in [1.54, 1.807) is 29.7 Å². The van der Waals surface area contributed by atoms with Crippen molar-refractivity contribution in [1.29, 1.82) is 0 Å². The second-order valence-corrected chi connectivity index (χ2v) is 4.60. The van der Waals surface area contributed by atoms with E-state index in [0.717, 1.165) is 11.4 Å². The lowest BCUT2D eigenvalue weighted by Gasteiger charge is -2.11. The van der Waals surface area contributed by atoms with Crippen molar-refractivity contribution >= 4 is 23.0 Å². The molecular formula is C15H16N4O2. The second-order valence-electron chi connectivity index (χ2n) is 4.60. The molecule has 0 aliphatic heterocycles. The van der Waals surface area contributed by atoms with Gasteiger partial charge in [0.1, 0.15) is 0 Å². The third-order valence-corrected chi connectivity index (χ3v) is 2.88. The number of carbonyl (C=O) groups excluding carboxylic acids is 1. The molecule has 0 fully saturated rings. The first-order valence-electron chi connectivity index (χ1n) is 6.34. The van der Waals surface area contributed by atoms with Crippen LogP contribution in [0.2, 0.25) is 0 Å². The molecule has 0 bridgehead atoms. The highest BCUT2D eigenvalue weighted by Gasteiger charge is 2.02. The average Bonchev–Trinajstić information content (AvgIpc) is 2.53. The van der Waals surface area contributed by atoms with Gasteiger partial charge in [-0.05, 0) is 48.5 Å². The molecule has 0 heterocycles. The third kappa shape index (κ3) is 3.87. The Hall–Kier alpha value is -2.73. The van der Waals surface area contributed by atoms with Gasteiger partial charge in [-0.3, -0.25) is 10.0 Å². The van der Waals surface area contributed by atoms with Crippen molar-refractivity contribution in [2.45, 2.75) is 0 Å². The van der Waals surface area contributed by atoms with E-state index in [2.05, 4.69) is 10.2 Å². The van der Waals surface area contributed by atoms with Gasteiger partial charge in [-0.2, -0.15) is 10.2 Å². The first kappa shape index (κ1) is 14.7. The molecule has 0 aliphatic rings. The fourth-order valence-electron chi connectivity index (χ4n) is 1.68. The molecule has 21 heavy (non-hydrogen) atoms. The van der Waals surface area contributed by atoms with Crippen LogP contribution >= 0.6 is 0 Å². The van der Waals surface area contributed by atoms with Crippen LogP contribution in [0.4, 0.5) is 17.1 Å². The maximum absolute atomic E-state index is 11.2. The largest absolute Gasteiger partial charge is 0.378 e. The summed E-state index contributed by atoms with van der Waals surface area (Å²) in [6.07, 6.45) is 0. The van der Waals surface area contributed by atoms with Gasteiger partial charge in [0.05, 0.1) is 11.4 Å². The van der Waals surface area contributed by atoms with Crippen LogP contribution in [0.1, 0.15) is 10.4 Å². The zero-order valence-corrected chi connectivity index (χ0v) is 11.8. The van der Waals surface area contributed by atoms with Crippen LogP contribution in [0.3, 0.4) is 0 Å². The van der Waals surface area contributed by atoms with Crippen molar-refractivity contribution in [2.75, 3.05) is 19.0 Å². The Labute approximate surface area is 122 Å². The molecular weight excluding hydrogens is 268 g/mol. The summed E-state index contributed by atoms with van der Waals surface area (Å²) in [6.45, 7) is 0. The zero-order chi connectivity index (χ0) is 15.2. The van der Waals surface area contributed by atoms with E-state index in [0.29, 0.717) is 11.3 Å². The van der Waals surface area contributed by atoms with Crippen molar-refractivity contribution in [1.82, 2.24) is 5.48 Å². The summed E-state index contributed by atoms with van der Waals surface area (Å²) >= 11 is 0. The number of nitrogens with zero attached hydrogens (tertiary/aromatic N) is 3. The van der Waals surface area contributed by atoms with Crippen LogP contribution in [-0.2, 0) is 0 Å². The normalized spacial score (nSPS) is 10.6. The van der Waals surface area contributed by atoms with Crippen molar-refractivity contribution < 1.29 is 10.0 Å². The molecule has 0 atom stereocenters. The minimum Gasteiger partial charge on any atom is -0.378 e. The van der Waals surface area contributed by atoms with Crippen molar-refractivity contribution in [2.24, 2.45) is 10.2 Å². The van der Waals surface area contributed by atoms with Crippen LogP contribution < -0.4 is 10.4 Å². The summed E-state index contributed by atoms with van der Waals surface area (Å²) in [4.78, 5) is 13.2. The summed E-state index contributed by atoms with van der Waals surface area (Å²) in [5.74, 6) is -0.558. The number of hydrogen-bond acceptors (Lipinski definition) is 5. The molecule has 0 aliphatic carbocycles. The van der Waals surface area contributed by atoms with Crippen molar-refractivity contribution in [3.8, 4) is 0 Å². The van der Waals surface area contributed by atoms with Crippen molar-refractivity contribution in [3.63, 3.8) is 0 Å². The number of nitrogens with one attached hydrogen (secondary N) is 1. The first-order valence-corrected chi connectivity index (χ1v) is 6.34. The third-order valence-electron chi connectivity index (χ3n) is 2.88. The standard InChI is InChI=1S/C15H16N4O2/c1-19(2)14-9-7-13(8-10-14)17-16-12-5-3-11(4-6-12)15(20)18-21/h3-10,21H,1-2H3,(H,18,20)/b17-16+. The Morgan fingerprint density at radius 2 is 1.43 bits per heavy atom. The lowest BCUT2D eigenvalue weighted by atomic mass is 10.2. The van der Waals surface area contributed by atoms with E-state index in [9.17, 15) is 4.79 Å². The molecule has 1 amide bonds. The molecule has 6 nitrogen and oxygen atoms in total. The number of hydrogen-bond donors (Lipinski definition) is 2.